The minimum absolute atomic E-state index is 0.00225. The number of rotatable bonds is 6. The minimum Gasteiger partial charge on any atom is -0.341 e. The lowest BCUT2D eigenvalue weighted by Crippen LogP contribution is -2.45. The van der Waals surface area contributed by atoms with Gasteiger partial charge in [-0.25, -0.2) is 0 Å². The van der Waals surface area contributed by atoms with Crippen molar-refractivity contribution in [3.63, 3.8) is 0 Å². The van der Waals surface area contributed by atoms with E-state index in [1.165, 1.54) is 38.5 Å². The van der Waals surface area contributed by atoms with Gasteiger partial charge in [-0.1, -0.05) is 13.3 Å². The molecule has 1 aliphatic heterocycles. The molecule has 1 atom stereocenters. The Labute approximate surface area is 105 Å². The molecule has 0 aromatic rings. The van der Waals surface area contributed by atoms with E-state index in [4.69, 9.17) is 0 Å². The van der Waals surface area contributed by atoms with Crippen LogP contribution in [0, 0.1) is 5.41 Å². The number of likely N-dealkylation sites (tertiary alicyclic amines) is 1. The van der Waals surface area contributed by atoms with Gasteiger partial charge in [0, 0.05) is 19.6 Å². The van der Waals surface area contributed by atoms with Gasteiger partial charge < -0.3 is 10.2 Å². The Morgan fingerprint density at radius 3 is 2.53 bits per heavy atom. The van der Waals surface area contributed by atoms with Crippen molar-refractivity contribution in [1.29, 1.82) is 0 Å². The summed E-state index contributed by atoms with van der Waals surface area (Å²) in [5, 5.41) is 3.46. The molecule has 17 heavy (non-hydrogen) atoms. The number of hydrogen-bond acceptors (Lipinski definition) is 2. The van der Waals surface area contributed by atoms with Crippen molar-refractivity contribution in [2.75, 3.05) is 19.6 Å². The van der Waals surface area contributed by atoms with Crippen molar-refractivity contribution in [1.82, 2.24) is 10.2 Å². The Bertz CT molecular complexity index is 267. The number of nitrogens with one attached hydrogen (secondary N) is 1. The van der Waals surface area contributed by atoms with E-state index < -0.39 is 0 Å². The molecule has 0 bridgehead atoms. The van der Waals surface area contributed by atoms with Gasteiger partial charge >= 0.3 is 0 Å². The lowest BCUT2D eigenvalue weighted by atomic mass is 10.0. The van der Waals surface area contributed by atoms with Crippen LogP contribution < -0.4 is 5.32 Å². The van der Waals surface area contributed by atoms with E-state index in [0.717, 1.165) is 19.6 Å². The molecule has 2 rings (SSSR count). The fourth-order valence-electron chi connectivity index (χ4n) is 2.89. The molecule has 0 aromatic carbocycles. The van der Waals surface area contributed by atoms with Crippen LogP contribution in [-0.4, -0.2) is 36.5 Å². The largest absolute Gasteiger partial charge is 0.341 e. The van der Waals surface area contributed by atoms with Crippen LogP contribution in [0.3, 0.4) is 0 Å². The van der Waals surface area contributed by atoms with Crippen molar-refractivity contribution in [3.05, 3.63) is 0 Å². The molecule has 2 fully saturated rings. The number of hydrogen-bond donors (Lipinski definition) is 1. The summed E-state index contributed by atoms with van der Waals surface area (Å²) in [5.74, 6) is 0.301. The third kappa shape index (κ3) is 3.21. The van der Waals surface area contributed by atoms with Crippen LogP contribution >= 0.6 is 0 Å². The fraction of sp³-hybridized carbons (Fsp3) is 0.929. The predicted molar refractivity (Wildman–Crippen MR) is 69.9 cm³/mol. The van der Waals surface area contributed by atoms with Crippen LogP contribution in [0.5, 0.6) is 0 Å². The van der Waals surface area contributed by atoms with Crippen LogP contribution in [0.15, 0.2) is 0 Å². The molecule has 1 saturated carbocycles. The summed E-state index contributed by atoms with van der Waals surface area (Å²) in [6.45, 7) is 7.22. The van der Waals surface area contributed by atoms with E-state index in [-0.39, 0.29) is 6.04 Å². The highest BCUT2D eigenvalue weighted by atomic mass is 16.2. The van der Waals surface area contributed by atoms with Gasteiger partial charge in [-0.3, -0.25) is 4.79 Å². The van der Waals surface area contributed by atoms with Crippen LogP contribution in [0.4, 0.5) is 0 Å². The van der Waals surface area contributed by atoms with Gasteiger partial charge in [0.25, 0.3) is 0 Å². The molecule has 0 radical (unpaired) electrons. The molecule has 1 saturated heterocycles. The van der Waals surface area contributed by atoms with E-state index in [1.54, 1.807) is 0 Å². The SMILES string of the molecule is CCCC1(CNC(C)C(=O)N2CCCC2)CC1. The van der Waals surface area contributed by atoms with Crippen molar-refractivity contribution in [3.8, 4) is 0 Å². The highest BCUT2D eigenvalue weighted by molar-refractivity contribution is 5.81. The zero-order chi connectivity index (χ0) is 12.3. The van der Waals surface area contributed by atoms with E-state index in [0.29, 0.717) is 11.3 Å². The Balaban J connectivity index is 1.73. The zero-order valence-corrected chi connectivity index (χ0v) is 11.3. The first-order valence-electron chi connectivity index (χ1n) is 7.19. The monoisotopic (exact) mass is 238 g/mol. The standard InChI is InChI=1S/C14H26N2O/c1-3-6-14(7-8-14)11-15-12(2)13(17)16-9-4-5-10-16/h12,15H,3-11H2,1-2H3. The van der Waals surface area contributed by atoms with Crippen LogP contribution in [-0.2, 0) is 4.79 Å². The number of carbonyl (C=O) groups is 1. The second-order valence-electron chi connectivity index (χ2n) is 5.88. The molecule has 0 aromatic heterocycles. The number of nitrogens with zero attached hydrogens (tertiary/aromatic N) is 1. The Hall–Kier alpha value is -0.570. The average molecular weight is 238 g/mol. The van der Waals surface area contributed by atoms with Crippen molar-refractivity contribution >= 4 is 5.91 Å². The Kier molecular flexibility index (Phi) is 4.08. The third-order valence-electron chi connectivity index (χ3n) is 4.31. The third-order valence-corrected chi connectivity index (χ3v) is 4.31. The molecule has 3 nitrogen and oxygen atoms in total. The number of amides is 1. The van der Waals surface area contributed by atoms with Crippen LogP contribution in [0.25, 0.3) is 0 Å². The molecule has 1 amide bonds. The molecule has 1 aliphatic carbocycles. The highest BCUT2D eigenvalue weighted by Gasteiger charge is 2.41. The summed E-state index contributed by atoms with van der Waals surface area (Å²) in [6, 6.07) is 0.00225. The first kappa shape index (κ1) is 12.9. The van der Waals surface area contributed by atoms with Crippen molar-refractivity contribution in [2.45, 2.75) is 58.4 Å². The van der Waals surface area contributed by atoms with Gasteiger partial charge in [0.2, 0.25) is 5.91 Å². The van der Waals surface area contributed by atoms with Gasteiger partial charge in [-0.2, -0.15) is 0 Å². The summed E-state index contributed by atoms with van der Waals surface area (Å²) in [4.78, 5) is 14.1. The van der Waals surface area contributed by atoms with Crippen LogP contribution in [0.2, 0.25) is 0 Å². The Morgan fingerprint density at radius 1 is 1.35 bits per heavy atom. The summed E-state index contributed by atoms with van der Waals surface area (Å²) in [5.41, 5.74) is 0.536. The zero-order valence-electron chi connectivity index (χ0n) is 11.3. The quantitative estimate of drug-likeness (QED) is 0.769. The maximum absolute atomic E-state index is 12.1. The summed E-state index contributed by atoms with van der Waals surface area (Å²) in [6.07, 6.45) is 7.62. The van der Waals surface area contributed by atoms with Crippen LogP contribution in [0.1, 0.15) is 52.4 Å². The maximum atomic E-state index is 12.1. The second-order valence-corrected chi connectivity index (χ2v) is 5.88. The smallest absolute Gasteiger partial charge is 0.239 e. The van der Waals surface area contributed by atoms with E-state index in [1.807, 2.05) is 11.8 Å². The fourth-order valence-corrected chi connectivity index (χ4v) is 2.89. The molecule has 1 heterocycles. The molecule has 1 N–H and O–H groups in total. The average Bonchev–Trinajstić information content (AvgIpc) is 2.89. The maximum Gasteiger partial charge on any atom is 0.239 e. The van der Waals surface area contributed by atoms with Gasteiger partial charge in [0.15, 0.2) is 0 Å². The molecule has 3 heteroatoms. The van der Waals surface area contributed by atoms with Gasteiger partial charge in [0.05, 0.1) is 6.04 Å². The first-order chi connectivity index (χ1) is 8.17. The summed E-state index contributed by atoms with van der Waals surface area (Å²) >= 11 is 0. The Morgan fingerprint density at radius 2 is 2.00 bits per heavy atom. The van der Waals surface area contributed by atoms with Crippen molar-refractivity contribution < 1.29 is 4.79 Å². The van der Waals surface area contributed by atoms with Crippen molar-refractivity contribution in [2.24, 2.45) is 5.41 Å². The predicted octanol–water partition coefficient (Wildman–Crippen LogP) is 2.17. The van der Waals surface area contributed by atoms with E-state index in [9.17, 15) is 4.79 Å². The van der Waals surface area contributed by atoms with Gasteiger partial charge in [0.1, 0.15) is 0 Å². The highest BCUT2D eigenvalue weighted by Crippen LogP contribution is 2.48. The summed E-state index contributed by atoms with van der Waals surface area (Å²) < 4.78 is 0. The topological polar surface area (TPSA) is 32.3 Å². The van der Waals surface area contributed by atoms with E-state index in [2.05, 4.69) is 12.2 Å². The molecular formula is C14H26N2O. The van der Waals surface area contributed by atoms with Gasteiger partial charge in [-0.15, -0.1) is 0 Å². The lowest BCUT2D eigenvalue weighted by Gasteiger charge is -2.23. The molecule has 1 unspecified atom stereocenters. The normalized spacial score (nSPS) is 23.8. The number of carbonyl (C=O) groups excluding carboxylic acids is 1. The van der Waals surface area contributed by atoms with Gasteiger partial charge in [-0.05, 0) is 44.4 Å². The molecule has 2 aliphatic rings. The second kappa shape index (κ2) is 5.38. The van der Waals surface area contributed by atoms with E-state index >= 15 is 0 Å². The molecular weight excluding hydrogens is 212 g/mol. The lowest BCUT2D eigenvalue weighted by molar-refractivity contribution is -0.132. The minimum atomic E-state index is 0.00225. The molecule has 98 valence electrons. The first-order valence-corrected chi connectivity index (χ1v) is 7.19. The summed E-state index contributed by atoms with van der Waals surface area (Å²) in [7, 11) is 0. The molecule has 0 spiro atoms.